The number of esters is 2. The lowest BCUT2D eigenvalue weighted by molar-refractivity contribution is -0.165. The van der Waals surface area contributed by atoms with Gasteiger partial charge in [0.05, 0.1) is 7.11 Å². The van der Waals surface area contributed by atoms with E-state index >= 15 is 0 Å². The van der Waals surface area contributed by atoms with E-state index in [0.29, 0.717) is 12.2 Å². The first-order valence-electron chi connectivity index (χ1n) is 7.40. The Balaban J connectivity index is 4.91. The number of thioether (sulfide) groups is 2. The van der Waals surface area contributed by atoms with Gasteiger partial charge < -0.3 is 19.5 Å². The fraction of sp³-hybridized carbons (Fsp3) is 0.800. The summed E-state index contributed by atoms with van der Waals surface area (Å²) >= 11 is 2.88. The molecule has 24 heavy (non-hydrogen) atoms. The van der Waals surface area contributed by atoms with E-state index in [1.807, 2.05) is 6.26 Å². The second kappa shape index (κ2) is 11.5. The molecule has 0 saturated heterocycles. The van der Waals surface area contributed by atoms with E-state index in [2.05, 4.69) is 10.1 Å². The van der Waals surface area contributed by atoms with Crippen molar-refractivity contribution in [1.82, 2.24) is 5.32 Å². The summed E-state index contributed by atoms with van der Waals surface area (Å²) < 4.78 is 15.0. The smallest absolute Gasteiger partial charge is 0.408 e. The van der Waals surface area contributed by atoms with Crippen LogP contribution in [0, 0.1) is 0 Å². The van der Waals surface area contributed by atoms with Crippen LogP contribution in [0.25, 0.3) is 0 Å². The Morgan fingerprint density at radius 3 is 2.17 bits per heavy atom. The van der Waals surface area contributed by atoms with E-state index in [4.69, 9.17) is 9.47 Å². The van der Waals surface area contributed by atoms with E-state index in [9.17, 15) is 14.4 Å². The van der Waals surface area contributed by atoms with Crippen LogP contribution in [0.3, 0.4) is 0 Å². The molecule has 1 amide bonds. The van der Waals surface area contributed by atoms with Crippen molar-refractivity contribution < 1.29 is 28.6 Å². The lowest BCUT2D eigenvalue weighted by Gasteiger charge is -2.24. The Kier molecular flexibility index (Phi) is 10.9. The number of hydrogen-bond donors (Lipinski definition) is 1. The number of carbonyl (C=O) groups excluding carboxylic acids is 3. The number of amides is 1. The minimum Gasteiger partial charge on any atom is -0.466 e. The molecule has 0 aliphatic heterocycles. The quantitative estimate of drug-likeness (QED) is 0.479. The SMILES string of the molecule is COC(=O)C(CSC)OC(=O)C(CCSC)NC(=O)OC(C)(C)C. The molecule has 0 saturated carbocycles. The van der Waals surface area contributed by atoms with Gasteiger partial charge in [-0.25, -0.2) is 14.4 Å². The third-order valence-electron chi connectivity index (χ3n) is 2.63. The van der Waals surface area contributed by atoms with E-state index < -0.39 is 35.8 Å². The van der Waals surface area contributed by atoms with Gasteiger partial charge >= 0.3 is 18.0 Å². The molecule has 2 atom stereocenters. The van der Waals surface area contributed by atoms with Crippen LogP contribution in [-0.4, -0.2) is 66.9 Å². The van der Waals surface area contributed by atoms with E-state index in [0.717, 1.165) is 0 Å². The number of carbonyl (C=O) groups is 3. The molecule has 0 bridgehead atoms. The van der Waals surface area contributed by atoms with Crippen molar-refractivity contribution in [1.29, 1.82) is 0 Å². The van der Waals surface area contributed by atoms with Crippen LogP contribution in [0.4, 0.5) is 4.79 Å². The maximum absolute atomic E-state index is 12.3. The zero-order chi connectivity index (χ0) is 18.8. The Morgan fingerprint density at radius 2 is 1.71 bits per heavy atom. The molecule has 0 rings (SSSR count). The molecule has 2 unspecified atom stereocenters. The van der Waals surface area contributed by atoms with Crippen LogP contribution in [0.15, 0.2) is 0 Å². The van der Waals surface area contributed by atoms with Crippen molar-refractivity contribution in [2.24, 2.45) is 0 Å². The van der Waals surface area contributed by atoms with Crippen molar-refractivity contribution in [2.45, 2.75) is 44.9 Å². The third kappa shape index (κ3) is 9.92. The molecule has 0 radical (unpaired) electrons. The maximum atomic E-state index is 12.3. The van der Waals surface area contributed by atoms with Gasteiger partial charge in [0, 0.05) is 5.75 Å². The Bertz CT molecular complexity index is 425. The van der Waals surface area contributed by atoms with Crippen LogP contribution in [0.1, 0.15) is 27.2 Å². The van der Waals surface area contributed by atoms with Gasteiger partial charge in [-0.2, -0.15) is 23.5 Å². The molecule has 0 spiro atoms. The summed E-state index contributed by atoms with van der Waals surface area (Å²) in [5, 5.41) is 2.50. The number of hydrogen-bond acceptors (Lipinski definition) is 8. The number of rotatable bonds is 9. The van der Waals surface area contributed by atoms with Gasteiger partial charge in [-0.3, -0.25) is 0 Å². The molecule has 0 heterocycles. The van der Waals surface area contributed by atoms with Gasteiger partial charge in [-0.05, 0) is 45.5 Å². The van der Waals surface area contributed by atoms with Crippen molar-refractivity contribution in [3.63, 3.8) is 0 Å². The summed E-state index contributed by atoms with van der Waals surface area (Å²) in [6, 6.07) is -0.888. The molecule has 0 aliphatic rings. The second-order valence-electron chi connectivity index (χ2n) is 5.88. The average Bonchev–Trinajstić information content (AvgIpc) is 2.48. The first kappa shape index (κ1) is 22.9. The summed E-state index contributed by atoms with van der Waals surface area (Å²) in [4.78, 5) is 35.9. The Morgan fingerprint density at radius 1 is 1.08 bits per heavy atom. The van der Waals surface area contributed by atoms with Crippen molar-refractivity contribution in [3.8, 4) is 0 Å². The number of alkyl carbamates (subject to hydrolysis) is 1. The molecule has 9 heteroatoms. The van der Waals surface area contributed by atoms with Crippen molar-refractivity contribution in [3.05, 3.63) is 0 Å². The highest BCUT2D eigenvalue weighted by molar-refractivity contribution is 7.98. The summed E-state index contributed by atoms with van der Waals surface area (Å²) in [5.41, 5.74) is -0.675. The van der Waals surface area contributed by atoms with Gasteiger partial charge in [0.15, 0.2) is 0 Å². The predicted molar refractivity (Wildman–Crippen MR) is 96.4 cm³/mol. The third-order valence-corrected chi connectivity index (χ3v) is 3.91. The number of methoxy groups -OCH3 is 1. The molecule has 0 aromatic heterocycles. The van der Waals surface area contributed by atoms with Crippen LogP contribution >= 0.6 is 23.5 Å². The van der Waals surface area contributed by atoms with Crippen LogP contribution in [0.5, 0.6) is 0 Å². The minimum absolute atomic E-state index is 0.278. The van der Waals surface area contributed by atoms with Crippen molar-refractivity contribution in [2.75, 3.05) is 31.1 Å². The molecule has 0 aromatic rings. The molecular formula is C15H27NO6S2. The summed E-state index contributed by atoms with van der Waals surface area (Å²) in [7, 11) is 1.23. The molecule has 1 N–H and O–H groups in total. The van der Waals surface area contributed by atoms with Crippen LogP contribution in [-0.2, 0) is 23.8 Å². The highest BCUT2D eigenvalue weighted by Gasteiger charge is 2.30. The Hall–Kier alpha value is -1.09. The molecule has 0 aromatic carbocycles. The number of ether oxygens (including phenoxy) is 3. The van der Waals surface area contributed by atoms with E-state index in [1.54, 1.807) is 27.0 Å². The fourth-order valence-corrected chi connectivity index (χ4v) is 2.57. The minimum atomic E-state index is -1.00. The van der Waals surface area contributed by atoms with E-state index in [-0.39, 0.29) is 5.75 Å². The number of nitrogens with one attached hydrogen (secondary N) is 1. The predicted octanol–water partition coefficient (Wildman–Crippen LogP) is 2.08. The van der Waals surface area contributed by atoms with Gasteiger partial charge in [0.2, 0.25) is 6.10 Å². The standard InChI is InChI=1S/C15H27NO6S2/c1-15(2,3)22-14(19)16-10(7-8-23-5)12(17)21-11(9-24-6)13(18)20-4/h10-11H,7-9H2,1-6H3,(H,16,19). The molecule has 7 nitrogen and oxygen atoms in total. The van der Waals surface area contributed by atoms with Crippen LogP contribution < -0.4 is 5.32 Å². The lowest BCUT2D eigenvalue weighted by atomic mass is 10.2. The summed E-state index contributed by atoms with van der Waals surface area (Å²) in [6.45, 7) is 5.19. The zero-order valence-corrected chi connectivity index (χ0v) is 16.7. The molecule has 140 valence electrons. The summed E-state index contributed by atoms with van der Waals surface area (Å²) in [6.07, 6.45) is 2.33. The molecule has 0 aliphatic carbocycles. The fourth-order valence-electron chi connectivity index (χ4n) is 1.59. The van der Waals surface area contributed by atoms with Crippen molar-refractivity contribution >= 4 is 41.6 Å². The van der Waals surface area contributed by atoms with Gasteiger partial charge in [0.25, 0.3) is 0 Å². The molecule has 0 fully saturated rings. The summed E-state index contributed by atoms with van der Waals surface area (Å²) in [5.74, 6) is -0.390. The second-order valence-corrected chi connectivity index (χ2v) is 7.78. The topological polar surface area (TPSA) is 90.9 Å². The van der Waals surface area contributed by atoms with Gasteiger partial charge in [-0.1, -0.05) is 0 Å². The Labute approximate surface area is 151 Å². The first-order chi connectivity index (χ1) is 11.1. The molecular weight excluding hydrogens is 354 g/mol. The van der Waals surface area contributed by atoms with Gasteiger partial charge in [-0.15, -0.1) is 0 Å². The average molecular weight is 382 g/mol. The van der Waals surface area contributed by atoms with Crippen LogP contribution in [0.2, 0.25) is 0 Å². The first-order valence-corrected chi connectivity index (χ1v) is 10.2. The van der Waals surface area contributed by atoms with Gasteiger partial charge in [0.1, 0.15) is 11.6 Å². The lowest BCUT2D eigenvalue weighted by Crippen LogP contribution is -2.46. The monoisotopic (exact) mass is 381 g/mol. The maximum Gasteiger partial charge on any atom is 0.408 e. The largest absolute Gasteiger partial charge is 0.466 e. The van der Waals surface area contributed by atoms with E-state index in [1.165, 1.54) is 30.6 Å². The highest BCUT2D eigenvalue weighted by Crippen LogP contribution is 2.11. The highest BCUT2D eigenvalue weighted by atomic mass is 32.2. The zero-order valence-electron chi connectivity index (χ0n) is 15.0. The normalized spacial score (nSPS) is 13.6.